The molecule has 0 unspecified atom stereocenters. The third kappa shape index (κ3) is 3.38. The molecule has 0 aliphatic rings. The van der Waals surface area contributed by atoms with Gasteiger partial charge in [-0.2, -0.15) is 0 Å². The van der Waals surface area contributed by atoms with Gasteiger partial charge in [-0.05, 0) is 47.2 Å². The minimum atomic E-state index is -3.89. The second-order valence-electron chi connectivity index (χ2n) is 7.09. The number of methoxy groups -OCH3 is 1. The van der Waals surface area contributed by atoms with Crippen LogP contribution >= 0.6 is 0 Å². The van der Waals surface area contributed by atoms with E-state index < -0.39 is 10.0 Å². The number of fused-ring (bicyclic) bond motifs is 2. The van der Waals surface area contributed by atoms with Crippen molar-refractivity contribution in [1.29, 1.82) is 0 Å². The Morgan fingerprint density at radius 2 is 1.72 bits per heavy atom. The van der Waals surface area contributed by atoms with E-state index in [9.17, 15) is 13.2 Å². The Balaban J connectivity index is 1.69. The molecule has 0 saturated carbocycles. The van der Waals surface area contributed by atoms with E-state index >= 15 is 0 Å². The number of benzene rings is 3. The third-order valence-electron chi connectivity index (χ3n) is 5.14. The van der Waals surface area contributed by atoms with Crippen LogP contribution in [0.1, 0.15) is 0 Å². The minimum Gasteiger partial charge on any atom is -0.495 e. The third-order valence-corrected chi connectivity index (χ3v) is 6.49. The molecular weight excluding hydrogens is 430 g/mol. The lowest BCUT2D eigenvalue weighted by Gasteiger charge is -2.16. The Bertz CT molecular complexity index is 1620. The van der Waals surface area contributed by atoms with Crippen molar-refractivity contribution in [2.24, 2.45) is 0 Å². The summed E-state index contributed by atoms with van der Waals surface area (Å²) in [4.78, 5) is 12.9. The maximum absolute atomic E-state index is 12.9. The van der Waals surface area contributed by atoms with E-state index in [0.29, 0.717) is 22.3 Å². The summed E-state index contributed by atoms with van der Waals surface area (Å²) in [5.74, 6) is 0.610. The van der Waals surface area contributed by atoms with Gasteiger partial charge in [-0.3, -0.25) is 14.1 Å². The summed E-state index contributed by atoms with van der Waals surface area (Å²) in [5.41, 5.74) is 0.854. The van der Waals surface area contributed by atoms with Crippen molar-refractivity contribution in [2.75, 3.05) is 11.8 Å². The SMILES string of the molecule is COc1cc2ccccc2cc1-n1c(=O)ccc2cc(S(=O)(=O)Nc3ccon3)ccc21. The molecule has 5 rings (SSSR count). The first kappa shape index (κ1) is 19.8. The minimum absolute atomic E-state index is 0.0312. The van der Waals surface area contributed by atoms with Crippen LogP contribution in [-0.2, 0) is 10.0 Å². The average molecular weight is 447 g/mol. The van der Waals surface area contributed by atoms with Gasteiger partial charge in [-0.1, -0.05) is 29.4 Å². The molecule has 0 aliphatic carbocycles. The quantitative estimate of drug-likeness (QED) is 0.438. The van der Waals surface area contributed by atoms with Crippen molar-refractivity contribution in [2.45, 2.75) is 4.90 Å². The van der Waals surface area contributed by atoms with Gasteiger partial charge in [-0.25, -0.2) is 8.42 Å². The molecule has 2 heterocycles. The Morgan fingerprint density at radius 3 is 2.44 bits per heavy atom. The van der Waals surface area contributed by atoms with Gasteiger partial charge >= 0.3 is 0 Å². The zero-order valence-corrected chi connectivity index (χ0v) is 17.7. The highest BCUT2D eigenvalue weighted by Crippen LogP contribution is 2.31. The van der Waals surface area contributed by atoms with Gasteiger partial charge < -0.3 is 9.26 Å². The largest absolute Gasteiger partial charge is 0.495 e. The maximum atomic E-state index is 12.9. The highest BCUT2D eigenvalue weighted by atomic mass is 32.2. The van der Waals surface area contributed by atoms with Gasteiger partial charge in [0.2, 0.25) is 0 Å². The smallest absolute Gasteiger partial charge is 0.263 e. The van der Waals surface area contributed by atoms with Gasteiger partial charge in [0.15, 0.2) is 5.82 Å². The molecule has 0 fully saturated rings. The van der Waals surface area contributed by atoms with Crippen LogP contribution < -0.4 is 15.0 Å². The normalized spacial score (nSPS) is 11.7. The Kier molecular flexibility index (Phi) is 4.67. The number of hydrogen-bond acceptors (Lipinski definition) is 6. The molecule has 32 heavy (non-hydrogen) atoms. The summed E-state index contributed by atoms with van der Waals surface area (Å²) < 4.78 is 39.6. The van der Waals surface area contributed by atoms with Gasteiger partial charge in [-0.15, -0.1) is 0 Å². The van der Waals surface area contributed by atoms with Crippen molar-refractivity contribution >= 4 is 37.5 Å². The molecule has 1 N–H and O–H groups in total. The number of aromatic nitrogens is 2. The van der Waals surface area contributed by atoms with Crippen LogP contribution in [0.2, 0.25) is 0 Å². The number of sulfonamides is 1. The van der Waals surface area contributed by atoms with Crippen LogP contribution in [0.25, 0.3) is 27.4 Å². The van der Waals surface area contributed by atoms with Crippen LogP contribution in [0.15, 0.2) is 93.3 Å². The Labute approximate surface area is 182 Å². The molecule has 5 aromatic rings. The standard InChI is InChI=1S/C23H17N3O5S/c1-30-21-14-16-5-3-2-4-15(16)13-20(21)26-19-8-7-18(12-17(19)6-9-23(26)27)32(28,29)25-22-10-11-31-24-22/h2-14H,1H3,(H,24,25). The number of rotatable bonds is 5. The molecule has 0 atom stereocenters. The number of anilines is 1. The van der Waals surface area contributed by atoms with Crippen molar-refractivity contribution in [3.8, 4) is 11.4 Å². The number of nitrogens with zero attached hydrogens (tertiary/aromatic N) is 2. The summed E-state index contributed by atoms with van der Waals surface area (Å²) in [6.07, 6.45) is 1.27. The zero-order valence-electron chi connectivity index (χ0n) is 16.8. The highest BCUT2D eigenvalue weighted by Gasteiger charge is 2.18. The molecule has 2 aromatic heterocycles. The summed E-state index contributed by atoms with van der Waals surface area (Å²) >= 11 is 0. The number of hydrogen-bond donors (Lipinski definition) is 1. The van der Waals surface area contributed by atoms with Crippen LogP contribution in [0.3, 0.4) is 0 Å². The average Bonchev–Trinajstić information content (AvgIpc) is 3.30. The topological polar surface area (TPSA) is 103 Å². The molecule has 0 aliphatic heterocycles. The van der Waals surface area contributed by atoms with Gasteiger partial charge in [0.25, 0.3) is 15.6 Å². The van der Waals surface area contributed by atoms with Crippen molar-refractivity contribution in [3.05, 3.63) is 89.4 Å². The monoisotopic (exact) mass is 447 g/mol. The van der Waals surface area contributed by atoms with E-state index in [2.05, 4.69) is 14.4 Å². The van der Waals surface area contributed by atoms with Gasteiger partial charge in [0.1, 0.15) is 12.0 Å². The molecule has 0 spiro atoms. The van der Waals surface area contributed by atoms with Crippen LogP contribution in [-0.4, -0.2) is 25.3 Å². The number of ether oxygens (including phenoxy) is 1. The van der Waals surface area contributed by atoms with Crippen molar-refractivity contribution < 1.29 is 17.7 Å². The summed E-state index contributed by atoms with van der Waals surface area (Å²) in [7, 11) is -2.34. The van der Waals surface area contributed by atoms with Crippen LogP contribution in [0, 0.1) is 0 Å². The van der Waals surface area contributed by atoms with E-state index in [1.807, 2.05) is 36.4 Å². The first-order valence-electron chi connectivity index (χ1n) is 9.62. The van der Waals surface area contributed by atoms with Crippen LogP contribution in [0.5, 0.6) is 5.75 Å². The van der Waals surface area contributed by atoms with Crippen molar-refractivity contribution in [3.63, 3.8) is 0 Å². The fraction of sp³-hybridized carbons (Fsp3) is 0.0435. The van der Waals surface area contributed by atoms with Gasteiger partial charge in [0.05, 0.1) is 23.2 Å². The van der Waals surface area contributed by atoms with E-state index in [1.54, 1.807) is 19.2 Å². The molecule has 0 radical (unpaired) electrons. The zero-order chi connectivity index (χ0) is 22.3. The predicted molar refractivity (Wildman–Crippen MR) is 121 cm³/mol. The number of nitrogens with one attached hydrogen (secondary N) is 1. The predicted octanol–water partition coefficient (Wildman–Crippen LogP) is 3.94. The molecular formula is C23H17N3O5S. The van der Waals surface area contributed by atoms with Crippen LogP contribution in [0.4, 0.5) is 5.82 Å². The molecule has 9 heteroatoms. The first-order valence-corrected chi connectivity index (χ1v) is 11.1. The van der Waals surface area contributed by atoms with E-state index in [1.165, 1.54) is 35.1 Å². The molecule has 0 saturated heterocycles. The van der Waals surface area contributed by atoms with Crippen molar-refractivity contribution in [1.82, 2.24) is 9.72 Å². The number of pyridine rings is 1. The fourth-order valence-corrected chi connectivity index (χ4v) is 4.67. The van der Waals surface area contributed by atoms with E-state index in [4.69, 9.17) is 4.74 Å². The summed E-state index contributed by atoms with van der Waals surface area (Å²) in [5, 5.41) is 6.07. The lowest BCUT2D eigenvalue weighted by Crippen LogP contribution is -2.18. The lowest BCUT2D eigenvalue weighted by atomic mass is 10.1. The fourth-order valence-electron chi connectivity index (χ4n) is 3.65. The Hall–Kier alpha value is -4.11. The molecule has 0 amide bonds. The van der Waals surface area contributed by atoms with Gasteiger partial charge in [0, 0.05) is 17.5 Å². The maximum Gasteiger partial charge on any atom is 0.263 e. The second kappa shape index (κ2) is 7.54. The molecule has 0 bridgehead atoms. The first-order chi connectivity index (χ1) is 15.5. The summed E-state index contributed by atoms with van der Waals surface area (Å²) in [6.45, 7) is 0. The summed E-state index contributed by atoms with van der Waals surface area (Å²) in [6, 6.07) is 20.5. The molecule has 8 nitrogen and oxygen atoms in total. The highest BCUT2D eigenvalue weighted by molar-refractivity contribution is 7.92. The molecule has 3 aromatic carbocycles. The lowest BCUT2D eigenvalue weighted by molar-refractivity contribution is 0.413. The second-order valence-corrected chi connectivity index (χ2v) is 8.77. The Morgan fingerprint density at radius 1 is 0.938 bits per heavy atom. The van der Waals surface area contributed by atoms with E-state index in [0.717, 1.165) is 10.8 Å². The van der Waals surface area contributed by atoms with E-state index in [-0.39, 0.29) is 16.3 Å². The molecule has 160 valence electrons.